The lowest BCUT2D eigenvalue weighted by Gasteiger charge is -2.12. The van der Waals surface area contributed by atoms with Crippen LogP contribution < -0.4 is 10.1 Å². The van der Waals surface area contributed by atoms with E-state index in [-0.39, 0.29) is 0 Å². The first-order valence-electron chi connectivity index (χ1n) is 5.69. The largest absolute Gasteiger partial charge is 0.493 e. The highest BCUT2D eigenvalue weighted by atomic mass is 16.5. The molecule has 0 unspecified atom stereocenters. The molecule has 2 aromatic carbocycles. The van der Waals surface area contributed by atoms with Crippen LogP contribution in [0.1, 0.15) is 13.3 Å². The quantitative estimate of drug-likeness (QED) is 0.840. The van der Waals surface area contributed by atoms with Crippen molar-refractivity contribution in [3.05, 3.63) is 36.4 Å². The number of ether oxygens (including phenoxy) is 1. The van der Waals surface area contributed by atoms with Crippen molar-refractivity contribution in [3.8, 4) is 5.75 Å². The van der Waals surface area contributed by atoms with Crippen molar-refractivity contribution in [1.29, 1.82) is 0 Å². The molecule has 16 heavy (non-hydrogen) atoms. The third-order valence-corrected chi connectivity index (χ3v) is 2.60. The lowest BCUT2D eigenvalue weighted by Crippen LogP contribution is -1.97. The summed E-state index contributed by atoms with van der Waals surface area (Å²) in [7, 11) is 1.94. The fourth-order valence-corrected chi connectivity index (χ4v) is 1.85. The minimum absolute atomic E-state index is 0.761. The smallest absolute Gasteiger partial charge is 0.129 e. The van der Waals surface area contributed by atoms with Crippen LogP contribution in [0.15, 0.2) is 36.4 Å². The molecule has 0 aromatic heterocycles. The van der Waals surface area contributed by atoms with Gasteiger partial charge in [-0.25, -0.2) is 0 Å². The molecule has 0 atom stereocenters. The van der Waals surface area contributed by atoms with Gasteiger partial charge in [0, 0.05) is 18.1 Å². The second-order valence-corrected chi connectivity index (χ2v) is 3.76. The lowest BCUT2D eigenvalue weighted by atomic mass is 10.1. The van der Waals surface area contributed by atoms with Gasteiger partial charge in [0.05, 0.1) is 6.61 Å². The Morgan fingerprint density at radius 3 is 2.56 bits per heavy atom. The molecule has 2 nitrogen and oxygen atoms in total. The van der Waals surface area contributed by atoms with E-state index in [1.54, 1.807) is 0 Å². The summed E-state index contributed by atoms with van der Waals surface area (Å²) < 4.78 is 5.77. The molecule has 2 heteroatoms. The van der Waals surface area contributed by atoms with Crippen LogP contribution in [-0.4, -0.2) is 13.7 Å². The van der Waals surface area contributed by atoms with E-state index in [1.165, 1.54) is 10.8 Å². The summed E-state index contributed by atoms with van der Waals surface area (Å²) in [4.78, 5) is 0. The maximum atomic E-state index is 5.77. The van der Waals surface area contributed by atoms with Crippen LogP contribution in [0.25, 0.3) is 10.8 Å². The van der Waals surface area contributed by atoms with Crippen molar-refractivity contribution >= 4 is 16.5 Å². The molecule has 0 saturated carbocycles. The third kappa shape index (κ3) is 1.96. The molecular weight excluding hydrogens is 198 g/mol. The molecule has 0 spiro atoms. The van der Waals surface area contributed by atoms with E-state index in [4.69, 9.17) is 4.74 Å². The SMILES string of the molecule is CCCOc1cccc2cccc(NC)c12. The molecule has 0 aliphatic heterocycles. The first-order chi connectivity index (χ1) is 7.86. The lowest BCUT2D eigenvalue weighted by molar-refractivity contribution is 0.321. The van der Waals surface area contributed by atoms with Gasteiger partial charge >= 0.3 is 0 Å². The number of nitrogens with one attached hydrogen (secondary N) is 1. The van der Waals surface area contributed by atoms with Gasteiger partial charge in [0.15, 0.2) is 0 Å². The molecule has 1 N–H and O–H groups in total. The van der Waals surface area contributed by atoms with Crippen LogP contribution in [-0.2, 0) is 0 Å². The first kappa shape index (κ1) is 10.8. The van der Waals surface area contributed by atoms with Gasteiger partial charge in [-0.15, -0.1) is 0 Å². The number of anilines is 1. The summed E-state index contributed by atoms with van der Waals surface area (Å²) in [6, 6.07) is 12.4. The molecular formula is C14H17NO. The van der Waals surface area contributed by atoms with E-state index in [0.717, 1.165) is 24.5 Å². The second kappa shape index (κ2) is 4.88. The van der Waals surface area contributed by atoms with Crippen molar-refractivity contribution in [1.82, 2.24) is 0 Å². The predicted molar refractivity (Wildman–Crippen MR) is 69.3 cm³/mol. The summed E-state index contributed by atoms with van der Waals surface area (Å²) in [5.74, 6) is 0.962. The van der Waals surface area contributed by atoms with Gasteiger partial charge in [-0.3, -0.25) is 0 Å². The van der Waals surface area contributed by atoms with Gasteiger partial charge < -0.3 is 10.1 Å². The number of benzene rings is 2. The minimum atomic E-state index is 0.761. The Morgan fingerprint density at radius 1 is 1.12 bits per heavy atom. The van der Waals surface area contributed by atoms with Gasteiger partial charge in [-0.05, 0) is 23.9 Å². The zero-order valence-corrected chi connectivity index (χ0v) is 9.79. The van der Waals surface area contributed by atoms with E-state index in [2.05, 4.69) is 36.5 Å². The molecule has 0 fully saturated rings. The van der Waals surface area contributed by atoms with Gasteiger partial charge in [-0.2, -0.15) is 0 Å². The van der Waals surface area contributed by atoms with Crippen molar-refractivity contribution in [2.24, 2.45) is 0 Å². The van der Waals surface area contributed by atoms with Crippen molar-refractivity contribution in [2.45, 2.75) is 13.3 Å². The molecule has 0 saturated heterocycles. The summed E-state index contributed by atoms with van der Waals surface area (Å²) in [5.41, 5.74) is 1.12. The Morgan fingerprint density at radius 2 is 1.88 bits per heavy atom. The first-order valence-corrected chi connectivity index (χ1v) is 5.69. The van der Waals surface area contributed by atoms with Crippen LogP contribution in [0.4, 0.5) is 5.69 Å². The fraction of sp³-hybridized carbons (Fsp3) is 0.286. The highest BCUT2D eigenvalue weighted by Gasteiger charge is 2.05. The average molecular weight is 215 g/mol. The van der Waals surface area contributed by atoms with Gasteiger partial charge in [0.1, 0.15) is 5.75 Å². The maximum Gasteiger partial charge on any atom is 0.129 e. The molecule has 0 aliphatic carbocycles. The van der Waals surface area contributed by atoms with Crippen LogP contribution in [0, 0.1) is 0 Å². The molecule has 0 aliphatic rings. The standard InChI is InChI=1S/C14H17NO/c1-3-10-16-13-9-5-7-11-6-4-8-12(15-2)14(11)13/h4-9,15H,3,10H2,1-2H3. The Bertz CT molecular complexity index is 474. The summed E-state index contributed by atoms with van der Waals surface area (Å²) >= 11 is 0. The normalized spacial score (nSPS) is 10.4. The zero-order chi connectivity index (χ0) is 11.4. The maximum absolute atomic E-state index is 5.77. The Balaban J connectivity index is 2.54. The highest BCUT2D eigenvalue weighted by molar-refractivity contribution is 5.98. The fourth-order valence-electron chi connectivity index (χ4n) is 1.85. The summed E-state index contributed by atoms with van der Waals surface area (Å²) in [6.45, 7) is 2.88. The number of hydrogen-bond donors (Lipinski definition) is 1. The molecule has 0 bridgehead atoms. The predicted octanol–water partition coefficient (Wildman–Crippen LogP) is 3.67. The Labute approximate surface area is 96.2 Å². The Hall–Kier alpha value is -1.70. The van der Waals surface area contributed by atoms with Crippen molar-refractivity contribution in [2.75, 3.05) is 19.0 Å². The molecule has 2 rings (SSSR count). The van der Waals surface area contributed by atoms with Crippen LogP contribution in [0.3, 0.4) is 0 Å². The summed E-state index contributed by atoms with van der Waals surface area (Å²) in [5, 5.41) is 5.58. The van der Waals surface area contributed by atoms with E-state index >= 15 is 0 Å². The minimum Gasteiger partial charge on any atom is -0.493 e. The topological polar surface area (TPSA) is 21.3 Å². The van der Waals surface area contributed by atoms with Gasteiger partial charge in [-0.1, -0.05) is 31.2 Å². The van der Waals surface area contributed by atoms with Gasteiger partial charge in [0.25, 0.3) is 0 Å². The Kier molecular flexibility index (Phi) is 3.30. The molecule has 0 amide bonds. The van der Waals surface area contributed by atoms with Crippen LogP contribution in [0.2, 0.25) is 0 Å². The van der Waals surface area contributed by atoms with Crippen molar-refractivity contribution in [3.63, 3.8) is 0 Å². The number of fused-ring (bicyclic) bond motifs is 1. The van der Waals surface area contributed by atoms with E-state index < -0.39 is 0 Å². The van der Waals surface area contributed by atoms with Crippen LogP contribution in [0.5, 0.6) is 5.75 Å². The molecule has 0 heterocycles. The third-order valence-electron chi connectivity index (χ3n) is 2.60. The number of rotatable bonds is 4. The van der Waals surface area contributed by atoms with Crippen LogP contribution >= 0.6 is 0 Å². The molecule has 2 aromatic rings. The summed E-state index contributed by atoms with van der Waals surface area (Å²) in [6.07, 6.45) is 1.03. The van der Waals surface area contributed by atoms with E-state index in [9.17, 15) is 0 Å². The van der Waals surface area contributed by atoms with Gasteiger partial charge in [0.2, 0.25) is 0 Å². The average Bonchev–Trinajstić information content (AvgIpc) is 2.35. The molecule has 84 valence electrons. The highest BCUT2D eigenvalue weighted by Crippen LogP contribution is 2.32. The number of hydrogen-bond acceptors (Lipinski definition) is 2. The zero-order valence-electron chi connectivity index (χ0n) is 9.79. The van der Waals surface area contributed by atoms with E-state index in [1.807, 2.05) is 19.2 Å². The van der Waals surface area contributed by atoms with E-state index in [0.29, 0.717) is 0 Å². The van der Waals surface area contributed by atoms with Crippen molar-refractivity contribution < 1.29 is 4.74 Å². The monoisotopic (exact) mass is 215 g/mol. The molecule has 0 radical (unpaired) electrons. The second-order valence-electron chi connectivity index (χ2n) is 3.76.